The van der Waals surface area contributed by atoms with Crippen LogP contribution in [0.2, 0.25) is 0 Å². The maximum Gasteiger partial charge on any atom is 0.328 e. The van der Waals surface area contributed by atoms with Crippen LogP contribution in [0.1, 0.15) is 19.3 Å². The van der Waals surface area contributed by atoms with E-state index in [-0.39, 0.29) is 6.54 Å². The molecular formula is C9H13NO4. The minimum absolute atomic E-state index is 0.190. The van der Waals surface area contributed by atoms with Gasteiger partial charge in [0.2, 0.25) is 5.91 Å². The van der Waals surface area contributed by atoms with Gasteiger partial charge in [-0.25, -0.2) is 4.79 Å². The van der Waals surface area contributed by atoms with Crippen LogP contribution in [-0.2, 0) is 9.59 Å². The van der Waals surface area contributed by atoms with Crippen molar-refractivity contribution in [2.24, 2.45) is 0 Å². The van der Waals surface area contributed by atoms with Crippen LogP contribution in [0, 0.1) is 0 Å². The third-order valence-electron chi connectivity index (χ3n) is 2.25. The maximum atomic E-state index is 11.0. The SMILES string of the molecule is O=C(O)/C=C/C(=O)NCC1(O)CCC1. The number of carboxylic acid groups (broad SMARTS) is 1. The molecule has 0 spiro atoms. The zero-order chi connectivity index (χ0) is 10.6. The van der Waals surface area contributed by atoms with Crippen molar-refractivity contribution >= 4 is 11.9 Å². The maximum absolute atomic E-state index is 11.0. The number of hydrogen-bond donors (Lipinski definition) is 3. The van der Waals surface area contributed by atoms with Gasteiger partial charge in [0.25, 0.3) is 0 Å². The molecule has 0 aromatic rings. The Labute approximate surface area is 81.4 Å². The van der Waals surface area contributed by atoms with Crippen molar-refractivity contribution in [2.45, 2.75) is 24.9 Å². The van der Waals surface area contributed by atoms with Gasteiger partial charge in [-0.05, 0) is 19.3 Å². The number of aliphatic hydroxyl groups is 1. The molecule has 0 aliphatic heterocycles. The largest absolute Gasteiger partial charge is 0.478 e. The second kappa shape index (κ2) is 4.23. The van der Waals surface area contributed by atoms with Gasteiger partial charge in [0, 0.05) is 18.7 Å². The number of hydrogen-bond acceptors (Lipinski definition) is 3. The van der Waals surface area contributed by atoms with Gasteiger partial charge in [-0.3, -0.25) is 4.79 Å². The smallest absolute Gasteiger partial charge is 0.328 e. The van der Waals surface area contributed by atoms with Crippen LogP contribution in [0.5, 0.6) is 0 Å². The molecule has 14 heavy (non-hydrogen) atoms. The quantitative estimate of drug-likeness (QED) is 0.540. The Morgan fingerprint density at radius 1 is 1.36 bits per heavy atom. The fourth-order valence-corrected chi connectivity index (χ4v) is 1.22. The van der Waals surface area contributed by atoms with Crippen molar-refractivity contribution in [3.05, 3.63) is 12.2 Å². The average molecular weight is 199 g/mol. The number of aliphatic carboxylic acids is 1. The monoisotopic (exact) mass is 199 g/mol. The van der Waals surface area contributed by atoms with Gasteiger partial charge in [0.05, 0.1) is 5.60 Å². The Bertz CT molecular complexity index is 268. The predicted octanol–water partition coefficient (Wildman–Crippen LogP) is -0.342. The van der Waals surface area contributed by atoms with Crippen LogP contribution < -0.4 is 5.32 Å². The second-order valence-corrected chi connectivity index (χ2v) is 3.47. The summed E-state index contributed by atoms with van der Waals surface area (Å²) in [4.78, 5) is 21.0. The van der Waals surface area contributed by atoms with Crippen LogP contribution in [0.15, 0.2) is 12.2 Å². The first kappa shape index (κ1) is 10.7. The highest BCUT2D eigenvalue weighted by molar-refractivity contribution is 5.93. The summed E-state index contributed by atoms with van der Waals surface area (Å²) >= 11 is 0. The molecule has 0 heterocycles. The first-order valence-electron chi connectivity index (χ1n) is 4.43. The molecule has 1 amide bonds. The molecule has 78 valence electrons. The van der Waals surface area contributed by atoms with E-state index < -0.39 is 17.5 Å². The molecule has 0 aromatic heterocycles. The van der Waals surface area contributed by atoms with E-state index in [2.05, 4.69) is 5.32 Å². The summed E-state index contributed by atoms with van der Waals surface area (Å²) in [5.74, 6) is -1.66. The molecule has 5 heteroatoms. The van der Waals surface area contributed by atoms with Gasteiger partial charge >= 0.3 is 5.97 Å². The van der Waals surface area contributed by atoms with Crippen molar-refractivity contribution < 1.29 is 19.8 Å². The number of rotatable bonds is 4. The van der Waals surface area contributed by atoms with Crippen LogP contribution >= 0.6 is 0 Å². The first-order chi connectivity index (χ1) is 6.52. The molecule has 3 N–H and O–H groups in total. The predicted molar refractivity (Wildman–Crippen MR) is 48.6 cm³/mol. The molecule has 1 saturated carbocycles. The molecule has 0 aromatic carbocycles. The summed E-state index contributed by atoms with van der Waals surface area (Å²) in [6, 6.07) is 0. The number of amides is 1. The number of carboxylic acids is 1. The molecule has 1 aliphatic rings. The second-order valence-electron chi connectivity index (χ2n) is 3.47. The van der Waals surface area contributed by atoms with E-state index in [1.165, 1.54) is 0 Å². The van der Waals surface area contributed by atoms with E-state index in [4.69, 9.17) is 5.11 Å². The molecular weight excluding hydrogens is 186 g/mol. The summed E-state index contributed by atoms with van der Waals surface area (Å²) in [5.41, 5.74) is -0.771. The van der Waals surface area contributed by atoms with E-state index >= 15 is 0 Å². The lowest BCUT2D eigenvalue weighted by molar-refractivity contribution is -0.131. The number of carbonyl (C=O) groups is 2. The Balaban J connectivity index is 2.24. The lowest BCUT2D eigenvalue weighted by Crippen LogP contribution is -2.47. The molecule has 0 radical (unpaired) electrons. The summed E-state index contributed by atoms with van der Waals surface area (Å²) in [6.07, 6.45) is 4.05. The summed E-state index contributed by atoms with van der Waals surface area (Å²) in [6.45, 7) is 0.190. The summed E-state index contributed by atoms with van der Waals surface area (Å²) in [5, 5.41) is 20.3. The Morgan fingerprint density at radius 3 is 2.43 bits per heavy atom. The molecule has 1 aliphatic carbocycles. The molecule has 0 saturated heterocycles. The zero-order valence-electron chi connectivity index (χ0n) is 7.69. The van der Waals surface area contributed by atoms with Crippen molar-refractivity contribution in [1.29, 1.82) is 0 Å². The minimum Gasteiger partial charge on any atom is -0.478 e. The Kier molecular flexibility index (Phi) is 3.24. The highest BCUT2D eigenvalue weighted by Gasteiger charge is 2.34. The zero-order valence-corrected chi connectivity index (χ0v) is 7.69. The van der Waals surface area contributed by atoms with Crippen molar-refractivity contribution in [2.75, 3.05) is 6.54 Å². The Morgan fingerprint density at radius 2 is 2.00 bits per heavy atom. The van der Waals surface area contributed by atoms with E-state index in [9.17, 15) is 14.7 Å². The molecule has 0 atom stereocenters. The van der Waals surface area contributed by atoms with Gasteiger partial charge in [0.15, 0.2) is 0 Å². The van der Waals surface area contributed by atoms with Crippen molar-refractivity contribution in [3.63, 3.8) is 0 Å². The lowest BCUT2D eigenvalue weighted by atomic mass is 9.80. The van der Waals surface area contributed by atoms with Crippen LogP contribution in [0.25, 0.3) is 0 Å². The fourth-order valence-electron chi connectivity index (χ4n) is 1.22. The van der Waals surface area contributed by atoms with Gasteiger partial charge in [-0.2, -0.15) is 0 Å². The molecule has 5 nitrogen and oxygen atoms in total. The van der Waals surface area contributed by atoms with E-state index in [1.807, 2.05) is 0 Å². The van der Waals surface area contributed by atoms with Crippen LogP contribution in [0.3, 0.4) is 0 Å². The fraction of sp³-hybridized carbons (Fsp3) is 0.556. The van der Waals surface area contributed by atoms with Crippen LogP contribution in [-0.4, -0.2) is 34.2 Å². The average Bonchev–Trinajstić information content (AvgIpc) is 2.08. The highest BCUT2D eigenvalue weighted by Crippen LogP contribution is 2.30. The minimum atomic E-state index is -1.16. The summed E-state index contributed by atoms with van der Waals surface area (Å²) in [7, 11) is 0. The number of carbonyl (C=O) groups excluding carboxylic acids is 1. The summed E-state index contributed by atoms with van der Waals surface area (Å²) < 4.78 is 0. The molecule has 0 unspecified atom stereocenters. The van der Waals surface area contributed by atoms with Gasteiger partial charge in [0.1, 0.15) is 0 Å². The molecule has 1 rings (SSSR count). The van der Waals surface area contributed by atoms with Crippen LogP contribution in [0.4, 0.5) is 0 Å². The Hall–Kier alpha value is -1.36. The van der Waals surface area contributed by atoms with Gasteiger partial charge < -0.3 is 15.5 Å². The first-order valence-corrected chi connectivity index (χ1v) is 4.43. The third kappa shape index (κ3) is 3.18. The standard InChI is InChI=1S/C9H13NO4/c11-7(2-3-8(12)13)10-6-9(14)4-1-5-9/h2-3,14H,1,4-6H2,(H,10,11)(H,12,13)/b3-2+. The van der Waals surface area contributed by atoms with E-state index in [0.29, 0.717) is 12.8 Å². The topological polar surface area (TPSA) is 86.6 Å². The van der Waals surface area contributed by atoms with Gasteiger partial charge in [-0.15, -0.1) is 0 Å². The van der Waals surface area contributed by atoms with Crippen molar-refractivity contribution in [3.8, 4) is 0 Å². The molecule has 0 bridgehead atoms. The normalized spacial score (nSPS) is 18.9. The van der Waals surface area contributed by atoms with E-state index in [0.717, 1.165) is 18.6 Å². The van der Waals surface area contributed by atoms with Crippen molar-refractivity contribution in [1.82, 2.24) is 5.32 Å². The van der Waals surface area contributed by atoms with E-state index in [1.54, 1.807) is 0 Å². The molecule has 1 fully saturated rings. The lowest BCUT2D eigenvalue weighted by Gasteiger charge is -2.36. The highest BCUT2D eigenvalue weighted by atomic mass is 16.4. The third-order valence-corrected chi connectivity index (χ3v) is 2.25. The number of nitrogens with one attached hydrogen (secondary N) is 1. The van der Waals surface area contributed by atoms with Gasteiger partial charge in [-0.1, -0.05) is 0 Å².